The molecule has 20 heavy (non-hydrogen) atoms. The fraction of sp³-hybridized carbons (Fsp3) is 0.615. The van der Waals surface area contributed by atoms with Gasteiger partial charge in [-0.2, -0.15) is 0 Å². The second-order valence-corrected chi connectivity index (χ2v) is 7.96. The summed E-state index contributed by atoms with van der Waals surface area (Å²) in [7, 11) is -3.44. The maximum Gasteiger partial charge on any atom is 0.250 e. The molecule has 0 bridgehead atoms. The van der Waals surface area contributed by atoms with E-state index in [4.69, 9.17) is 0 Å². The molecule has 1 aromatic rings. The van der Waals surface area contributed by atoms with Crippen molar-refractivity contribution in [2.45, 2.75) is 31.4 Å². The Kier molecular flexibility index (Phi) is 6.64. The van der Waals surface area contributed by atoms with Gasteiger partial charge in [-0.3, -0.25) is 4.79 Å². The van der Waals surface area contributed by atoms with Gasteiger partial charge in [-0.25, -0.2) is 13.1 Å². The summed E-state index contributed by atoms with van der Waals surface area (Å²) in [5.41, 5.74) is 0. The molecule has 1 heterocycles. The standard InChI is InChI=1S/C13H22N2O3S2/c1-11(2)6-8-15(12(3)16)9-7-14-20(17,18)13-5-4-10-19-13/h4-5,10-11,14H,6-9H2,1-3H3. The van der Waals surface area contributed by atoms with Crippen molar-refractivity contribution in [2.75, 3.05) is 19.6 Å². The van der Waals surface area contributed by atoms with E-state index in [9.17, 15) is 13.2 Å². The molecule has 0 aliphatic heterocycles. The monoisotopic (exact) mass is 318 g/mol. The lowest BCUT2D eigenvalue weighted by atomic mass is 10.1. The zero-order valence-electron chi connectivity index (χ0n) is 12.1. The van der Waals surface area contributed by atoms with Crippen LogP contribution in [0.4, 0.5) is 0 Å². The molecule has 0 unspecified atom stereocenters. The molecule has 1 rings (SSSR count). The van der Waals surface area contributed by atoms with E-state index in [1.54, 1.807) is 22.4 Å². The average molecular weight is 318 g/mol. The molecule has 0 fully saturated rings. The van der Waals surface area contributed by atoms with Crippen molar-refractivity contribution in [3.63, 3.8) is 0 Å². The van der Waals surface area contributed by atoms with Gasteiger partial charge in [0.15, 0.2) is 0 Å². The van der Waals surface area contributed by atoms with Crippen LogP contribution in [0.25, 0.3) is 0 Å². The van der Waals surface area contributed by atoms with E-state index >= 15 is 0 Å². The first kappa shape index (κ1) is 17.1. The number of amides is 1. The largest absolute Gasteiger partial charge is 0.342 e. The summed E-state index contributed by atoms with van der Waals surface area (Å²) >= 11 is 1.18. The normalized spacial score (nSPS) is 11.8. The average Bonchev–Trinajstić information content (AvgIpc) is 2.87. The first-order valence-electron chi connectivity index (χ1n) is 6.61. The third kappa shape index (κ3) is 5.60. The summed E-state index contributed by atoms with van der Waals surface area (Å²) in [6, 6.07) is 3.26. The van der Waals surface area contributed by atoms with Crippen molar-refractivity contribution in [3.05, 3.63) is 17.5 Å². The first-order valence-corrected chi connectivity index (χ1v) is 8.98. The zero-order valence-corrected chi connectivity index (χ0v) is 13.8. The molecule has 5 nitrogen and oxygen atoms in total. The molecule has 0 atom stereocenters. The van der Waals surface area contributed by atoms with Crippen molar-refractivity contribution < 1.29 is 13.2 Å². The van der Waals surface area contributed by atoms with Gasteiger partial charge in [-0.1, -0.05) is 19.9 Å². The fourth-order valence-electron chi connectivity index (χ4n) is 1.64. The Morgan fingerprint density at radius 3 is 2.60 bits per heavy atom. The van der Waals surface area contributed by atoms with Gasteiger partial charge in [0.1, 0.15) is 4.21 Å². The molecule has 0 saturated heterocycles. The topological polar surface area (TPSA) is 66.5 Å². The lowest BCUT2D eigenvalue weighted by Gasteiger charge is -2.22. The molecule has 0 aromatic carbocycles. The van der Waals surface area contributed by atoms with Crippen LogP contribution in [0.3, 0.4) is 0 Å². The molecule has 1 amide bonds. The third-order valence-corrected chi connectivity index (χ3v) is 5.71. The van der Waals surface area contributed by atoms with Crippen LogP contribution in [0.2, 0.25) is 0 Å². The number of nitrogens with one attached hydrogen (secondary N) is 1. The second kappa shape index (κ2) is 7.75. The van der Waals surface area contributed by atoms with Crippen LogP contribution in [-0.4, -0.2) is 38.9 Å². The van der Waals surface area contributed by atoms with Crippen molar-refractivity contribution in [1.82, 2.24) is 9.62 Å². The Hall–Kier alpha value is -0.920. The summed E-state index contributed by atoms with van der Waals surface area (Å²) in [5, 5.41) is 1.72. The van der Waals surface area contributed by atoms with E-state index in [-0.39, 0.29) is 12.5 Å². The highest BCUT2D eigenvalue weighted by atomic mass is 32.2. The SMILES string of the molecule is CC(=O)N(CCNS(=O)(=O)c1cccs1)CCC(C)C. The van der Waals surface area contributed by atoms with Gasteiger partial charge >= 0.3 is 0 Å². The minimum atomic E-state index is -3.44. The van der Waals surface area contributed by atoms with Gasteiger partial charge < -0.3 is 4.90 Å². The zero-order chi connectivity index (χ0) is 15.2. The molecule has 114 valence electrons. The van der Waals surface area contributed by atoms with E-state index in [0.29, 0.717) is 23.2 Å². The second-order valence-electron chi connectivity index (χ2n) is 5.02. The number of hydrogen-bond donors (Lipinski definition) is 1. The number of carbonyl (C=O) groups is 1. The number of rotatable bonds is 8. The highest BCUT2D eigenvalue weighted by Crippen LogP contribution is 2.14. The minimum absolute atomic E-state index is 0.0269. The van der Waals surface area contributed by atoms with Crippen LogP contribution in [-0.2, 0) is 14.8 Å². The van der Waals surface area contributed by atoms with E-state index < -0.39 is 10.0 Å². The Balaban J connectivity index is 2.46. The summed E-state index contributed by atoms with van der Waals surface area (Å²) < 4.78 is 26.6. The molecule has 0 aliphatic rings. The van der Waals surface area contributed by atoms with E-state index in [1.165, 1.54) is 18.3 Å². The van der Waals surface area contributed by atoms with Crippen molar-refractivity contribution in [3.8, 4) is 0 Å². The molecule has 7 heteroatoms. The number of carbonyl (C=O) groups excluding carboxylic acids is 1. The first-order chi connectivity index (χ1) is 9.33. The van der Waals surface area contributed by atoms with Crippen LogP contribution in [0.15, 0.2) is 21.7 Å². The summed E-state index contributed by atoms with van der Waals surface area (Å²) in [6.07, 6.45) is 0.914. The van der Waals surface area contributed by atoms with Gasteiger partial charge in [0, 0.05) is 26.6 Å². The highest BCUT2D eigenvalue weighted by molar-refractivity contribution is 7.91. The Labute approximate surface area is 125 Å². The van der Waals surface area contributed by atoms with Crippen LogP contribution in [0, 0.1) is 5.92 Å². The van der Waals surface area contributed by atoms with Gasteiger partial charge in [-0.15, -0.1) is 11.3 Å². The van der Waals surface area contributed by atoms with Crippen molar-refractivity contribution >= 4 is 27.3 Å². The predicted octanol–water partition coefficient (Wildman–Crippen LogP) is 1.92. The smallest absolute Gasteiger partial charge is 0.250 e. The van der Waals surface area contributed by atoms with Crippen molar-refractivity contribution in [2.24, 2.45) is 5.92 Å². The molecule has 0 aliphatic carbocycles. The number of nitrogens with zero attached hydrogens (tertiary/aromatic N) is 1. The van der Waals surface area contributed by atoms with E-state index in [1.807, 2.05) is 0 Å². The predicted molar refractivity (Wildman–Crippen MR) is 81.2 cm³/mol. The van der Waals surface area contributed by atoms with Crippen LogP contribution < -0.4 is 4.72 Å². The van der Waals surface area contributed by atoms with Crippen LogP contribution in [0.1, 0.15) is 27.2 Å². The lowest BCUT2D eigenvalue weighted by molar-refractivity contribution is -0.128. The van der Waals surface area contributed by atoms with Gasteiger partial charge in [-0.05, 0) is 23.8 Å². The molecule has 1 N–H and O–H groups in total. The highest BCUT2D eigenvalue weighted by Gasteiger charge is 2.16. The van der Waals surface area contributed by atoms with Gasteiger partial charge in [0.05, 0.1) is 0 Å². The molecular formula is C13H22N2O3S2. The number of hydrogen-bond acceptors (Lipinski definition) is 4. The summed E-state index contributed by atoms with van der Waals surface area (Å²) in [4.78, 5) is 13.2. The number of sulfonamides is 1. The Morgan fingerprint density at radius 1 is 1.40 bits per heavy atom. The van der Waals surface area contributed by atoms with Crippen LogP contribution in [0.5, 0.6) is 0 Å². The molecule has 1 aromatic heterocycles. The molecule has 0 radical (unpaired) electrons. The van der Waals surface area contributed by atoms with E-state index in [2.05, 4.69) is 18.6 Å². The van der Waals surface area contributed by atoms with E-state index in [0.717, 1.165) is 6.42 Å². The minimum Gasteiger partial charge on any atom is -0.342 e. The fourth-order valence-corrected chi connectivity index (χ4v) is 3.70. The third-order valence-electron chi connectivity index (χ3n) is 2.86. The van der Waals surface area contributed by atoms with Gasteiger partial charge in [0.2, 0.25) is 15.9 Å². The summed E-state index contributed by atoms with van der Waals surface area (Å²) in [6.45, 7) is 6.99. The Bertz CT molecular complexity index is 510. The quantitative estimate of drug-likeness (QED) is 0.796. The summed E-state index contributed by atoms with van der Waals surface area (Å²) in [5.74, 6) is 0.487. The molecule has 0 saturated carbocycles. The maximum atomic E-state index is 11.9. The lowest BCUT2D eigenvalue weighted by Crippen LogP contribution is -2.38. The molecule has 0 spiro atoms. The molecular weight excluding hydrogens is 296 g/mol. The number of thiophene rings is 1. The van der Waals surface area contributed by atoms with Gasteiger partial charge in [0.25, 0.3) is 0 Å². The van der Waals surface area contributed by atoms with Crippen molar-refractivity contribution in [1.29, 1.82) is 0 Å². The maximum absolute atomic E-state index is 11.9. The van der Waals surface area contributed by atoms with Crippen LogP contribution >= 0.6 is 11.3 Å². The Morgan fingerprint density at radius 2 is 2.10 bits per heavy atom.